The normalized spacial score (nSPS) is 23.7. The van der Waals surface area contributed by atoms with Crippen molar-refractivity contribution in [2.75, 3.05) is 6.61 Å². The lowest BCUT2D eigenvalue weighted by atomic mass is 10.0. The smallest absolute Gasteiger partial charge is 0.306 e. The maximum Gasteiger partial charge on any atom is 0.306 e. The number of aliphatic hydroxyl groups excluding tert-OH is 1. The SMILES string of the molecule is CCCCC(=O)OC[C@H]1OC(O)C[C@H](OC(=O)CCCC)[C@H]1OCc1ccccc1. The molecule has 168 valence electrons. The second kappa shape index (κ2) is 13.4. The van der Waals surface area contributed by atoms with Crippen LogP contribution < -0.4 is 0 Å². The first-order valence-electron chi connectivity index (χ1n) is 10.9. The predicted octanol–water partition coefficient (Wildman–Crippen LogP) is 3.51. The Morgan fingerprint density at radius 3 is 2.40 bits per heavy atom. The van der Waals surface area contributed by atoms with Crippen molar-refractivity contribution in [1.29, 1.82) is 0 Å². The number of ether oxygens (including phenoxy) is 4. The van der Waals surface area contributed by atoms with E-state index in [1.165, 1.54) is 0 Å². The zero-order valence-electron chi connectivity index (χ0n) is 18.0. The van der Waals surface area contributed by atoms with Crippen molar-refractivity contribution in [2.24, 2.45) is 0 Å². The molecule has 1 heterocycles. The zero-order valence-corrected chi connectivity index (χ0v) is 18.0. The molecule has 0 saturated carbocycles. The van der Waals surface area contributed by atoms with Gasteiger partial charge < -0.3 is 24.1 Å². The number of esters is 2. The second-order valence-corrected chi connectivity index (χ2v) is 7.54. The van der Waals surface area contributed by atoms with Gasteiger partial charge in [-0.2, -0.15) is 0 Å². The molecule has 1 N–H and O–H groups in total. The second-order valence-electron chi connectivity index (χ2n) is 7.54. The molecule has 1 fully saturated rings. The Kier molecular flexibility index (Phi) is 10.8. The Bertz CT molecular complexity index is 634. The summed E-state index contributed by atoms with van der Waals surface area (Å²) in [6.07, 6.45) is 0.830. The third-order valence-corrected chi connectivity index (χ3v) is 4.94. The number of hydrogen-bond acceptors (Lipinski definition) is 7. The fourth-order valence-corrected chi connectivity index (χ4v) is 3.25. The Morgan fingerprint density at radius 2 is 1.73 bits per heavy atom. The first-order chi connectivity index (χ1) is 14.5. The molecule has 2 rings (SSSR count). The minimum absolute atomic E-state index is 0.0674. The molecule has 1 aromatic rings. The number of carbonyl (C=O) groups excluding carboxylic acids is 2. The summed E-state index contributed by atoms with van der Waals surface area (Å²) in [6, 6.07) is 9.60. The van der Waals surface area contributed by atoms with Gasteiger partial charge >= 0.3 is 11.9 Å². The molecule has 7 heteroatoms. The fourth-order valence-electron chi connectivity index (χ4n) is 3.25. The van der Waals surface area contributed by atoms with Crippen molar-refractivity contribution in [3.8, 4) is 0 Å². The van der Waals surface area contributed by atoms with Crippen LogP contribution in [-0.4, -0.2) is 48.3 Å². The average Bonchev–Trinajstić information content (AvgIpc) is 2.74. The first kappa shape index (κ1) is 24.3. The highest BCUT2D eigenvalue weighted by molar-refractivity contribution is 5.69. The highest BCUT2D eigenvalue weighted by atomic mass is 16.7. The number of unbranched alkanes of at least 4 members (excludes halogenated alkanes) is 2. The molecule has 0 aliphatic carbocycles. The topological polar surface area (TPSA) is 91.3 Å². The minimum Gasteiger partial charge on any atom is -0.463 e. The monoisotopic (exact) mass is 422 g/mol. The Hall–Kier alpha value is -1.96. The summed E-state index contributed by atoms with van der Waals surface area (Å²) in [5, 5.41) is 10.1. The van der Waals surface area contributed by atoms with Crippen molar-refractivity contribution in [3.05, 3.63) is 35.9 Å². The largest absolute Gasteiger partial charge is 0.463 e. The summed E-state index contributed by atoms with van der Waals surface area (Å²) in [5.41, 5.74) is 0.957. The van der Waals surface area contributed by atoms with E-state index in [0.29, 0.717) is 12.8 Å². The zero-order chi connectivity index (χ0) is 21.8. The van der Waals surface area contributed by atoms with Crippen LogP contribution in [0.4, 0.5) is 0 Å². The molecule has 0 amide bonds. The molecule has 1 aliphatic heterocycles. The Labute approximate surface area is 178 Å². The van der Waals surface area contributed by atoms with Crippen LogP contribution in [0.3, 0.4) is 0 Å². The van der Waals surface area contributed by atoms with Crippen molar-refractivity contribution in [2.45, 2.75) is 90.0 Å². The van der Waals surface area contributed by atoms with Gasteiger partial charge in [0, 0.05) is 19.3 Å². The van der Waals surface area contributed by atoms with Gasteiger partial charge in [-0.1, -0.05) is 57.0 Å². The van der Waals surface area contributed by atoms with E-state index in [9.17, 15) is 14.7 Å². The molecule has 0 spiro atoms. The lowest BCUT2D eigenvalue weighted by Gasteiger charge is -2.39. The molecule has 0 radical (unpaired) electrons. The van der Waals surface area contributed by atoms with Crippen molar-refractivity contribution < 1.29 is 33.6 Å². The van der Waals surface area contributed by atoms with Crippen LogP contribution in [0.15, 0.2) is 30.3 Å². The molecule has 1 aliphatic rings. The van der Waals surface area contributed by atoms with Crippen molar-refractivity contribution in [1.82, 2.24) is 0 Å². The van der Waals surface area contributed by atoms with Crippen molar-refractivity contribution >= 4 is 11.9 Å². The van der Waals surface area contributed by atoms with E-state index in [1.54, 1.807) is 0 Å². The summed E-state index contributed by atoms with van der Waals surface area (Å²) in [7, 11) is 0. The van der Waals surface area contributed by atoms with Gasteiger partial charge in [-0.15, -0.1) is 0 Å². The molecule has 0 aromatic heterocycles. The molecular formula is C23H34O7. The van der Waals surface area contributed by atoms with Crippen molar-refractivity contribution in [3.63, 3.8) is 0 Å². The average molecular weight is 423 g/mol. The number of hydrogen-bond donors (Lipinski definition) is 1. The Balaban J connectivity index is 2.05. The molecule has 1 unspecified atom stereocenters. The quantitative estimate of drug-likeness (QED) is 0.515. The van der Waals surface area contributed by atoms with Gasteiger partial charge in [0.25, 0.3) is 0 Å². The summed E-state index contributed by atoms with van der Waals surface area (Å²) >= 11 is 0. The van der Waals surface area contributed by atoms with Crippen LogP contribution in [0.25, 0.3) is 0 Å². The molecule has 1 saturated heterocycles. The van der Waals surface area contributed by atoms with E-state index >= 15 is 0 Å². The summed E-state index contributed by atoms with van der Waals surface area (Å²) in [5.74, 6) is -0.651. The lowest BCUT2D eigenvalue weighted by molar-refractivity contribution is -0.259. The number of rotatable bonds is 12. The summed E-state index contributed by atoms with van der Waals surface area (Å²) in [4.78, 5) is 24.1. The highest BCUT2D eigenvalue weighted by Gasteiger charge is 2.42. The number of carbonyl (C=O) groups is 2. The fraction of sp³-hybridized carbons (Fsp3) is 0.652. The van der Waals surface area contributed by atoms with Crippen LogP contribution in [-0.2, 0) is 35.1 Å². The van der Waals surface area contributed by atoms with Crippen LogP contribution in [0.2, 0.25) is 0 Å². The van der Waals surface area contributed by atoms with Gasteiger partial charge in [-0.3, -0.25) is 9.59 Å². The molecule has 30 heavy (non-hydrogen) atoms. The maximum absolute atomic E-state index is 12.2. The van der Waals surface area contributed by atoms with Crippen LogP contribution in [0.1, 0.15) is 64.4 Å². The van der Waals surface area contributed by atoms with Gasteiger partial charge in [0.15, 0.2) is 6.29 Å². The summed E-state index contributed by atoms with van der Waals surface area (Å²) < 4.78 is 22.6. The van der Waals surface area contributed by atoms with Gasteiger partial charge in [0.2, 0.25) is 0 Å². The first-order valence-corrected chi connectivity index (χ1v) is 10.9. The van der Waals surface area contributed by atoms with Crippen LogP contribution in [0, 0.1) is 0 Å². The van der Waals surface area contributed by atoms with E-state index in [-0.39, 0.29) is 31.6 Å². The molecule has 7 nitrogen and oxygen atoms in total. The lowest BCUT2D eigenvalue weighted by Crippen LogP contribution is -2.53. The third kappa shape index (κ3) is 8.42. The standard InChI is InChI=1S/C23H34O7/c1-3-5-12-20(24)27-16-19-23(28-15-17-10-8-7-9-11-17)18(14-22(26)30-19)29-21(25)13-6-4-2/h7-11,18-19,22-23,26H,3-6,12-16H2,1-2H3/t18-,19+,22?,23+/m0/s1. The molecule has 4 atom stereocenters. The van der Waals surface area contributed by atoms with E-state index in [0.717, 1.165) is 31.2 Å². The van der Waals surface area contributed by atoms with Crippen LogP contribution in [0.5, 0.6) is 0 Å². The van der Waals surface area contributed by atoms with Gasteiger partial charge in [0.1, 0.15) is 24.9 Å². The molecule has 0 bridgehead atoms. The number of benzene rings is 1. The van der Waals surface area contributed by atoms with Gasteiger partial charge in [0.05, 0.1) is 6.61 Å². The van der Waals surface area contributed by atoms with E-state index < -0.39 is 24.6 Å². The summed E-state index contributed by atoms with van der Waals surface area (Å²) in [6.45, 7) is 4.22. The minimum atomic E-state index is -1.12. The van der Waals surface area contributed by atoms with Gasteiger partial charge in [-0.25, -0.2) is 0 Å². The number of aliphatic hydroxyl groups is 1. The third-order valence-electron chi connectivity index (χ3n) is 4.94. The maximum atomic E-state index is 12.2. The highest BCUT2D eigenvalue weighted by Crippen LogP contribution is 2.26. The van der Waals surface area contributed by atoms with E-state index in [1.807, 2.05) is 44.2 Å². The van der Waals surface area contributed by atoms with Gasteiger partial charge in [-0.05, 0) is 18.4 Å². The molecular weight excluding hydrogens is 388 g/mol. The van der Waals surface area contributed by atoms with Crippen LogP contribution >= 0.6 is 0 Å². The molecule has 1 aromatic carbocycles. The Morgan fingerprint density at radius 1 is 1.07 bits per heavy atom. The van der Waals surface area contributed by atoms with E-state index in [2.05, 4.69) is 0 Å². The predicted molar refractivity (Wildman–Crippen MR) is 110 cm³/mol. The van der Waals surface area contributed by atoms with E-state index in [4.69, 9.17) is 18.9 Å².